The van der Waals surface area contributed by atoms with Gasteiger partial charge in [-0.15, -0.1) is 0 Å². The quantitative estimate of drug-likeness (QED) is 0.717. The summed E-state index contributed by atoms with van der Waals surface area (Å²) in [6, 6.07) is 1.05. The first-order valence-corrected chi connectivity index (χ1v) is 7.40. The minimum Gasteiger partial charge on any atom is -0.395 e. The Hall–Kier alpha value is -0.120. The molecule has 2 unspecified atom stereocenters. The van der Waals surface area contributed by atoms with Crippen molar-refractivity contribution in [3.05, 3.63) is 0 Å². The number of hydrogen-bond donors (Lipinski definition) is 2. The molecule has 3 nitrogen and oxygen atoms in total. The van der Waals surface area contributed by atoms with Crippen molar-refractivity contribution in [3.8, 4) is 0 Å². The molecule has 0 aromatic carbocycles. The number of rotatable bonds is 7. The van der Waals surface area contributed by atoms with Crippen LogP contribution in [0.15, 0.2) is 0 Å². The van der Waals surface area contributed by atoms with Crippen molar-refractivity contribution in [1.82, 2.24) is 10.2 Å². The Kier molecular flexibility index (Phi) is 7.82. The second-order valence-electron chi connectivity index (χ2n) is 5.17. The molecule has 0 amide bonds. The van der Waals surface area contributed by atoms with Crippen molar-refractivity contribution in [1.29, 1.82) is 0 Å². The molecular weight excluding hydrogens is 212 g/mol. The van der Waals surface area contributed by atoms with Gasteiger partial charge in [-0.3, -0.25) is 0 Å². The van der Waals surface area contributed by atoms with Crippen LogP contribution in [0, 0.1) is 0 Å². The van der Waals surface area contributed by atoms with Gasteiger partial charge in [0.1, 0.15) is 0 Å². The van der Waals surface area contributed by atoms with Crippen molar-refractivity contribution in [2.45, 2.75) is 64.5 Å². The monoisotopic (exact) mass is 242 g/mol. The fourth-order valence-electron chi connectivity index (χ4n) is 2.86. The number of likely N-dealkylation sites (tertiary alicyclic amines) is 1. The van der Waals surface area contributed by atoms with Crippen LogP contribution in [0.2, 0.25) is 0 Å². The molecule has 102 valence electrons. The molecule has 1 aliphatic rings. The number of nitrogens with one attached hydrogen (secondary N) is 1. The molecule has 2 atom stereocenters. The maximum atomic E-state index is 9.28. The van der Waals surface area contributed by atoms with E-state index in [0.29, 0.717) is 0 Å². The lowest BCUT2D eigenvalue weighted by Crippen LogP contribution is -2.40. The molecule has 2 N–H and O–H groups in total. The predicted molar refractivity (Wildman–Crippen MR) is 73.3 cm³/mol. The van der Waals surface area contributed by atoms with E-state index in [4.69, 9.17) is 0 Å². The van der Waals surface area contributed by atoms with Crippen LogP contribution in [0.1, 0.15) is 52.4 Å². The van der Waals surface area contributed by atoms with Crippen molar-refractivity contribution < 1.29 is 5.11 Å². The average molecular weight is 242 g/mol. The highest BCUT2D eigenvalue weighted by Gasteiger charge is 2.19. The molecule has 0 aliphatic carbocycles. The van der Waals surface area contributed by atoms with E-state index in [1.165, 1.54) is 38.6 Å². The molecule has 17 heavy (non-hydrogen) atoms. The van der Waals surface area contributed by atoms with Gasteiger partial charge in [-0.25, -0.2) is 0 Å². The van der Waals surface area contributed by atoms with Crippen LogP contribution in [0.25, 0.3) is 0 Å². The molecule has 1 aliphatic heterocycles. The zero-order valence-corrected chi connectivity index (χ0v) is 11.6. The van der Waals surface area contributed by atoms with Gasteiger partial charge in [-0.1, -0.05) is 26.7 Å². The van der Waals surface area contributed by atoms with Gasteiger partial charge in [0.2, 0.25) is 0 Å². The smallest absolute Gasteiger partial charge is 0.0585 e. The molecule has 0 bridgehead atoms. The van der Waals surface area contributed by atoms with Crippen molar-refractivity contribution in [3.63, 3.8) is 0 Å². The summed E-state index contributed by atoms with van der Waals surface area (Å²) in [6.07, 6.45) is 7.84. The maximum absolute atomic E-state index is 9.28. The van der Waals surface area contributed by atoms with E-state index in [1.807, 2.05) is 0 Å². The Morgan fingerprint density at radius 1 is 1.29 bits per heavy atom. The second-order valence-corrected chi connectivity index (χ2v) is 5.17. The molecule has 0 spiro atoms. The van der Waals surface area contributed by atoms with E-state index in [1.54, 1.807) is 0 Å². The summed E-state index contributed by atoms with van der Waals surface area (Å²) in [5.74, 6) is 0. The topological polar surface area (TPSA) is 35.5 Å². The van der Waals surface area contributed by atoms with Gasteiger partial charge in [-0.05, 0) is 45.3 Å². The largest absolute Gasteiger partial charge is 0.395 e. The number of likely N-dealkylation sites (N-methyl/N-ethyl adjacent to an activating group) is 1. The highest BCUT2D eigenvalue weighted by molar-refractivity contribution is 4.76. The molecule has 1 saturated heterocycles. The normalized spacial score (nSPS) is 24.5. The van der Waals surface area contributed by atoms with Gasteiger partial charge < -0.3 is 15.3 Å². The van der Waals surface area contributed by atoms with Gasteiger partial charge in [0, 0.05) is 12.1 Å². The summed E-state index contributed by atoms with van der Waals surface area (Å²) in [5.41, 5.74) is 0. The Morgan fingerprint density at radius 3 is 2.76 bits per heavy atom. The van der Waals surface area contributed by atoms with E-state index >= 15 is 0 Å². The molecule has 3 heteroatoms. The van der Waals surface area contributed by atoms with Crippen LogP contribution in [-0.2, 0) is 0 Å². The third-order valence-electron chi connectivity index (χ3n) is 3.95. The summed E-state index contributed by atoms with van der Waals surface area (Å²) in [6.45, 7) is 8.00. The Balaban J connectivity index is 2.35. The summed E-state index contributed by atoms with van der Waals surface area (Å²) in [4.78, 5) is 2.65. The standard InChI is InChI=1S/C14H30N2O/c1-3-14-8-6-5-7-10-16(14)11-9-13(12-17)15-4-2/h13-15,17H,3-12H2,1-2H3. The number of nitrogens with zero attached hydrogens (tertiary/aromatic N) is 1. The third-order valence-corrected chi connectivity index (χ3v) is 3.95. The van der Waals surface area contributed by atoms with E-state index < -0.39 is 0 Å². The first-order chi connectivity index (χ1) is 8.31. The number of aliphatic hydroxyl groups excluding tert-OH is 1. The van der Waals surface area contributed by atoms with Crippen LogP contribution in [-0.4, -0.2) is 48.3 Å². The third kappa shape index (κ3) is 5.36. The number of aliphatic hydroxyl groups is 1. The second kappa shape index (κ2) is 8.90. The van der Waals surface area contributed by atoms with Crippen molar-refractivity contribution in [2.75, 3.05) is 26.2 Å². The van der Waals surface area contributed by atoms with E-state index in [2.05, 4.69) is 24.1 Å². The van der Waals surface area contributed by atoms with Crippen LogP contribution >= 0.6 is 0 Å². The van der Waals surface area contributed by atoms with Gasteiger partial charge in [0.25, 0.3) is 0 Å². The fourth-order valence-corrected chi connectivity index (χ4v) is 2.86. The molecule has 0 saturated carbocycles. The van der Waals surface area contributed by atoms with Crippen LogP contribution in [0.5, 0.6) is 0 Å². The highest BCUT2D eigenvalue weighted by atomic mass is 16.3. The fraction of sp³-hybridized carbons (Fsp3) is 1.00. The summed E-state index contributed by atoms with van der Waals surface area (Å²) < 4.78 is 0. The van der Waals surface area contributed by atoms with Crippen molar-refractivity contribution in [2.24, 2.45) is 0 Å². The van der Waals surface area contributed by atoms with Crippen LogP contribution in [0.3, 0.4) is 0 Å². The molecule has 1 rings (SSSR count). The molecule has 0 radical (unpaired) electrons. The van der Waals surface area contributed by atoms with Crippen LogP contribution in [0.4, 0.5) is 0 Å². The SMILES string of the molecule is CCNC(CO)CCN1CCCCCC1CC. The highest BCUT2D eigenvalue weighted by Crippen LogP contribution is 2.19. The zero-order valence-electron chi connectivity index (χ0n) is 11.6. The molecule has 1 heterocycles. The summed E-state index contributed by atoms with van der Waals surface area (Å²) in [7, 11) is 0. The summed E-state index contributed by atoms with van der Waals surface area (Å²) in [5, 5.41) is 12.6. The molecule has 0 aromatic rings. The summed E-state index contributed by atoms with van der Waals surface area (Å²) >= 11 is 0. The lowest BCUT2D eigenvalue weighted by atomic mass is 10.1. The number of hydrogen-bond acceptors (Lipinski definition) is 3. The minimum atomic E-state index is 0.262. The Labute approximate surface area is 107 Å². The first-order valence-electron chi connectivity index (χ1n) is 7.40. The minimum absolute atomic E-state index is 0.262. The molecular formula is C14H30N2O. The molecule has 0 aromatic heterocycles. The Bertz CT molecular complexity index is 187. The average Bonchev–Trinajstić information content (AvgIpc) is 2.59. The van der Waals surface area contributed by atoms with E-state index in [9.17, 15) is 5.11 Å². The first kappa shape index (κ1) is 14.9. The Morgan fingerprint density at radius 2 is 2.12 bits per heavy atom. The lowest BCUT2D eigenvalue weighted by molar-refractivity contribution is 0.168. The predicted octanol–water partition coefficient (Wildman–Crippen LogP) is 2.00. The van der Waals surface area contributed by atoms with Crippen molar-refractivity contribution >= 4 is 0 Å². The van der Waals surface area contributed by atoms with E-state index in [-0.39, 0.29) is 12.6 Å². The maximum Gasteiger partial charge on any atom is 0.0585 e. The van der Waals surface area contributed by atoms with Crippen LogP contribution < -0.4 is 5.32 Å². The van der Waals surface area contributed by atoms with Gasteiger partial charge in [0.05, 0.1) is 6.61 Å². The van der Waals surface area contributed by atoms with E-state index in [0.717, 1.165) is 25.6 Å². The molecule has 1 fully saturated rings. The van der Waals surface area contributed by atoms with Gasteiger partial charge in [-0.2, -0.15) is 0 Å². The zero-order chi connectivity index (χ0) is 12.5. The van der Waals surface area contributed by atoms with Gasteiger partial charge >= 0.3 is 0 Å². The lowest BCUT2D eigenvalue weighted by Gasteiger charge is -2.30. The van der Waals surface area contributed by atoms with Gasteiger partial charge in [0.15, 0.2) is 0 Å².